The number of nitriles is 1. The van der Waals surface area contributed by atoms with Gasteiger partial charge in [-0.05, 0) is 36.3 Å². The zero-order valence-corrected chi connectivity index (χ0v) is 21.3. The number of hydrogen-bond donors (Lipinski definition) is 1. The summed E-state index contributed by atoms with van der Waals surface area (Å²) >= 11 is 0. The smallest absolute Gasteiger partial charge is 0.314 e. The van der Waals surface area contributed by atoms with Gasteiger partial charge in [-0.3, -0.25) is 9.28 Å². The molecule has 2 aromatic rings. The van der Waals surface area contributed by atoms with Gasteiger partial charge >= 0.3 is 5.91 Å². The van der Waals surface area contributed by atoms with Crippen LogP contribution >= 0.6 is 0 Å². The van der Waals surface area contributed by atoms with Crippen molar-refractivity contribution in [3.05, 3.63) is 71.8 Å². The van der Waals surface area contributed by atoms with E-state index in [1.807, 2.05) is 48.5 Å². The van der Waals surface area contributed by atoms with E-state index < -0.39 is 11.5 Å². The normalized spacial score (nSPS) is 21.4. The Balaban J connectivity index is 1.65. The van der Waals surface area contributed by atoms with Crippen molar-refractivity contribution in [2.75, 3.05) is 13.1 Å². The van der Waals surface area contributed by atoms with E-state index in [1.165, 1.54) is 5.56 Å². The highest BCUT2D eigenvalue weighted by Crippen LogP contribution is 2.37. The van der Waals surface area contributed by atoms with Crippen LogP contribution in [0.1, 0.15) is 69.9 Å². The number of primary amides is 1. The first-order chi connectivity index (χ1) is 16.9. The Bertz CT molecular complexity index is 1010. The highest BCUT2D eigenvalue weighted by Gasteiger charge is 2.50. The van der Waals surface area contributed by atoms with E-state index in [0.717, 1.165) is 31.2 Å². The molecule has 5 heteroatoms. The molecule has 0 saturated carbocycles. The Morgan fingerprint density at radius 1 is 1.06 bits per heavy atom. The summed E-state index contributed by atoms with van der Waals surface area (Å²) in [6, 6.07) is 22.4. The maximum absolute atomic E-state index is 13.6. The first kappa shape index (κ1) is 26.6. The molecule has 35 heavy (non-hydrogen) atoms. The standard InChI is InChI=1S/C30H39N3O2/c1-24(2)30(23-31,26-16-7-4-8-17-26)20-10-9-19-28(34)33(22-12-18-27(33)29(32)35)21-11-15-25-13-5-3-6-14-25/h3-8,13-14,16-17,24,27H,9-12,15,18-22H2,1-2H3,(H-,32,35)/p+1/t27?,30-,33+/m0/s1. The molecule has 1 aliphatic heterocycles. The molecule has 1 heterocycles. The van der Waals surface area contributed by atoms with Gasteiger partial charge in [-0.1, -0.05) is 80.9 Å². The van der Waals surface area contributed by atoms with Crippen molar-refractivity contribution < 1.29 is 14.1 Å². The fourth-order valence-electron chi connectivity index (χ4n) is 5.91. The second kappa shape index (κ2) is 12.1. The molecule has 2 N–H and O–H groups in total. The number of carbonyl (C=O) groups is 2. The molecule has 0 bridgehead atoms. The van der Waals surface area contributed by atoms with Crippen LogP contribution in [0.25, 0.3) is 0 Å². The van der Waals surface area contributed by atoms with E-state index in [9.17, 15) is 14.9 Å². The second-order valence-electron chi connectivity index (χ2n) is 10.3. The minimum absolute atomic E-state index is 0.131. The molecule has 1 saturated heterocycles. The predicted octanol–water partition coefficient (Wildman–Crippen LogP) is 5.29. The topological polar surface area (TPSA) is 83.9 Å². The molecule has 186 valence electrons. The lowest BCUT2D eigenvalue weighted by Gasteiger charge is -2.36. The van der Waals surface area contributed by atoms with E-state index >= 15 is 0 Å². The molecule has 0 aromatic heterocycles. The van der Waals surface area contributed by atoms with Crippen molar-refractivity contribution >= 4 is 11.8 Å². The molecule has 1 fully saturated rings. The maximum atomic E-state index is 13.6. The quantitative estimate of drug-likeness (QED) is 0.335. The SMILES string of the molecule is CC(C)[C@@](C#N)(CCCCC(=O)[N@+]1(CCCc2ccccc2)CCCC1C(N)=O)c1ccccc1. The van der Waals surface area contributed by atoms with Gasteiger partial charge in [-0.15, -0.1) is 0 Å². The van der Waals surface area contributed by atoms with Crippen LogP contribution in [0.2, 0.25) is 0 Å². The Morgan fingerprint density at radius 2 is 1.71 bits per heavy atom. The van der Waals surface area contributed by atoms with Crippen LogP contribution in [0.15, 0.2) is 60.7 Å². The molecular weight excluding hydrogens is 434 g/mol. The van der Waals surface area contributed by atoms with Gasteiger partial charge in [0.05, 0.1) is 31.0 Å². The third-order valence-electron chi connectivity index (χ3n) is 8.01. The zero-order chi connectivity index (χ0) is 25.3. The van der Waals surface area contributed by atoms with Gasteiger partial charge in [0.15, 0.2) is 6.04 Å². The van der Waals surface area contributed by atoms with E-state index in [4.69, 9.17) is 5.73 Å². The number of nitrogens with two attached hydrogens (primary N) is 1. The van der Waals surface area contributed by atoms with E-state index in [-0.39, 0.29) is 22.2 Å². The summed E-state index contributed by atoms with van der Waals surface area (Å²) in [7, 11) is 0. The van der Waals surface area contributed by atoms with Crippen molar-refractivity contribution in [2.45, 2.75) is 76.7 Å². The number of amides is 2. The molecule has 3 rings (SSSR count). The molecule has 0 aliphatic carbocycles. The summed E-state index contributed by atoms with van der Waals surface area (Å²) in [4.78, 5) is 25.9. The van der Waals surface area contributed by atoms with Crippen molar-refractivity contribution in [1.82, 2.24) is 0 Å². The average molecular weight is 475 g/mol. The number of benzene rings is 2. The molecule has 1 aliphatic rings. The van der Waals surface area contributed by atoms with Crippen LogP contribution in [0.4, 0.5) is 0 Å². The first-order valence-corrected chi connectivity index (χ1v) is 13.1. The summed E-state index contributed by atoms with van der Waals surface area (Å²) in [6.07, 6.45) is 5.90. The van der Waals surface area contributed by atoms with Crippen LogP contribution < -0.4 is 5.73 Å². The fraction of sp³-hybridized carbons (Fsp3) is 0.500. The number of hydrogen-bond acceptors (Lipinski definition) is 3. The molecule has 2 aromatic carbocycles. The van der Waals surface area contributed by atoms with Gasteiger partial charge in [-0.2, -0.15) is 5.26 Å². The number of quaternary nitrogens is 1. The lowest BCUT2D eigenvalue weighted by Crippen LogP contribution is -2.60. The van der Waals surface area contributed by atoms with Gasteiger partial charge in [0.2, 0.25) is 0 Å². The molecule has 2 amide bonds. The van der Waals surface area contributed by atoms with E-state index in [1.54, 1.807) is 0 Å². The molecule has 1 unspecified atom stereocenters. The van der Waals surface area contributed by atoms with E-state index in [2.05, 4.69) is 32.0 Å². The maximum Gasteiger partial charge on any atom is 0.314 e. The highest BCUT2D eigenvalue weighted by molar-refractivity contribution is 5.82. The van der Waals surface area contributed by atoms with Crippen molar-refractivity contribution in [3.63, 3.8) is 0 Å². The van der Waals surface area contributed by atoms with Crippen LogP contribution in [0.5, 0.6) is 0 Å². The summed E-state index contributed by atoms with van der Waals surface area (Å²) in [5.41, 5.74) is 7.51. The monoisotopic (exact) mass is 474 g/mol. The molecule has 0 spiro atoms. The number of unbranched alkanes of at least 4 members (excludes halogenated alkanes) is 1. The molecule has 3 atom stereocenters. The minimum atomic E-state index is -0.560. The number of nitrogens with zero attached hydrogens (tertiary/aromatic N) is 2. The number of aryl methyl sites for hydroxylation is 1. The average Bonchev–Trinajstić information content (AvgIpc) is 3.31. The summed E-state index contributed by atoms with van der Waals surface area (Å²) in [5, 5.41) is 10.1. The van der Waals surface area contributed by atoms with Gasteiger partial charge in [0.1, 0.15) is 0 Å². The fourth-order valence-corrected chi connectivity index (χ4v) is 5.91. The summed E-state index contributed by atoms with van der Waals surface area (Å²) in [6.45, 7) is 5.53. The Labute approximate surface area is 210 Å². The van der Waals surface area contributed by atoms with Crippen LogP contribution in [-0.2, 0) is 21.4 Å². The largest absolute Gasteiger partial charge is 0.364 e. The molecular formula is C30H40N3O2+. The Hall–Kier alpha value is -2.97. The third-order valence-corrected chi connectivity index (χ3v) is 8.01. The van der Waals surface area contributed by atoms with Crippen molar-refractivity contribution in [3.8, 4) is 6.07 Å². The first-order valence-electron chi connectivity index (χ1n) is 13.1. The Kier molecular flexibility index (Phi) is 9.23. The highest BCUT2D eigenvalue weighted by atomic mass is 16.2. The van der Waals surface area contributed by atoms with E-state index in [0.29, 0.717) is 38.8 Å². The molecule has 0 radical (unpaired) electrons. The van der Waals surface area contributed by atoms with Crippen LogP contribution in [0.3, 0.4) is 0 Å². The third kappa shape index (κ3) is 6.00. The lowest BCUT2D eigenvalue weighted by atomic mass is 9.69. The minimum Gasteiger partial charge on any atom is -0.364 e. The molecule has 5 nitrogen and oxygen atoms in total. The van der Waals surface area contributed by atoms with Gasteiger partial charge in [0.25, 0.3) is 5.91 Å². The van der Waals surface area contributed by atoms with Crippen LogP contribution in [-0.4, -0.2) is 35.4 Å². The van der Waals surface area contributed by atoms with Gasteiger partial charge < -0.3 is 5.73 Å². The van der Waals surface area contributed by atoms with Crippen molar-refractivity contribution in [1.29, 1.82) is 5.26 Å². The number of likely N-dealkylation sites (tertiary alicyclic amines) is 1. The summed E-state index contributed by atoms with van der Waals surface area (Å²) in [5.74, 6) is -0.0612. The lowest BCUT2D eigenvalue weighted by molar-refractivity contribution is -0.858. The number of rotatable bonds is 12. The Morgan fingerprint density at radius 3 is 2.31 bits per heavy atom. The second-order valence-corrected chi connectivity index (χ2v) is 10.3. The van der Waals surface area contributed by atoms with Crippen molar-refractivity contribution in [2.24, 2.45) is 11.7 Å². The number of carbonyl (C=O) groups excluding carboxylic acids is 2. The van der Waals surface area contributed by atoms with Gasteiger partial charge in [-0.25, -0.2) is 4.79 Å². The zero-order valence-electron chi connectivity index (χ0n) is 21.3. The predicted molar refractivity (Wildman–Crippen MR) is 139 cm³/mol. The van der Waals surface area contributed by atoms with Crippen LogP contribution in [0, 0.1) is 17.2 Å². The summed E-state index contributed by atoms with van der Waals surface area (Å²) < 4.78 is 0.203. The van der Waals surface area contributed by atoms with Gasteiger partial charge in [0, 0.05) is 19.3 Å².